The summed E-state index contributed by atoms with van der Waals surface area (Å²) in [5, 5.41) is 23.4. The summed E-state index contributed by atoms with van der Waals surface area (Å²) in [5.74, 6) is -2.34. The molecule has 1 aromatic heterocycles. The summed E-state index contributed by atoms with van der Waals surface area (Å²) < 4.78 is 0. The Morgan fingerprint density at radius 3 is 2.74 bits per heavy atom. The van der Waals surface area contributed by atoms with Crippen molar-refractivity contribution in [3.8, 4) is 0 Å². The lowest BCUT2D eigenvalue weighted by Gasteiger charge is -2.44. The van der Waals surface area contributed by atoms with E-state index in [9.17, 15) is 24.6 Å². The third-order valence-electron chi connectivity index (χ3n) is 4.33. The van der Waals surface area contributed by atoms with E-state index in [1.165, 1.54) is 30.2 Å². The maximum absolute atomic E-state index is 12.1. The minimum Gasteiger partial charge on any atom is -0.477 e. The minimum absolute atomic E-state index is 0.0434. The van der Waals surface area contributed by atoms with Gasteiger partial charge in [-0.1, -0.05) is 0 Å². The lowest BCUT2D eigenvalue weighted by molar-refractivity contribution is -0.161. The highest BCUT2D eigenvalue weighted by molar-refractivity contribution is 7.12. The SMILES string of the molecule is CNC(=O)c1cc(C2=C(C(=O)O)N3C(=O)C(C(C)O)C3C2)cs1. The molecule has 0 bridgehead atoms. The van der Waals surface area contributed by atoms with Crippen molar-refractivity contribution in [1.82, 2.24) is 10.2 Å². The monoisotopic (exact) mass is 336 g/mol. The molecule has 0 aromatic carbocycles. The molecule has 1 fully saturated rings. The van der Waals surface area contributed by atoms with Gasteiger partial charge in [0.2, 0.25) is 5.91 Å². The minimum atomic E-state index is -1.17. The van der Waals surface area contributed by atoms with Gasteiger partial charge in [0, 0.05) is 7.05 Å². The molecular formula is C15H16N2O5S. The number of carboxylic acid groups (broad SMARTS) is 1. The second-order valence-electron chi connectivity index (χ2n) is 5.66. The van der Waals surface area contributed by atoms with Crippen molar-refractivity contribution < 1.29 is 24.6 Å². The summed E-state index contributed by atoms with van der Waals surface area (Å²) in [6.07, 6.45) is -0.450. The van der Waals surface area contributed by atoms with Gasteiger partial charge >= 0.3 is 5.97 Å². The van der Waals surface area contributed by atoms with Crippen molar-refractivity contribution in [2.24, 2.45) is 5.92 Å². The first-order valence-electron chi connectivity index (χ1n) is 7.15. The van der Waals surface area contributed by atoms with Gasteiger partial charge in [0.1, 0.15) is 5.70 Å². The van der Waals surface area contributed by atoms with Crippen LogP contribution in [0.25, 0.3) is 5.57 Å². The van der Waals surface area contributed by atoms with Crippen molar-refractivity contribution in [1.29, 1.82) is 0 Å². The molecule has 3 heterocycles. The van der Waals surface area contributed by atoms with E-state index in [-0.39, 0.29) is 23.6 Å². The zero-order chi connectivity index (χ0) is 16.9. The Morgan fingerprint density at radius 1 is 1.48 bits per heavy atom. The number of nitrogens with one attached hydrogen (secondary N) is 1. The van der Waals surface area contributed by atoms with Crippen LogP contribution in [0.1, 0.15) is 28.6 Å². The predicted octanol–water partition coefficient (Wildman–Crippen LogP) is 0.515. The summed E-state index contributed by atoms with van der Waals surface area (Å²) in [5.41, 5.74) is 1.13. The fourth-order valence-corrected chi connectivity index (χ4v) is 4.13. The van der Waals surface area contributed by atoms with Gasteiger partial charge in [0.15, 0.2) is 0 Å². The standard InChI is InChI=1S/C15H16N2O5S/c1-6(18)11-9-4-8(12(15(21)22)17(9)14(11)20)7-3-10(23-5-7)13(19)16-2/h3,5-6,9,11,18H,4H2,1-2H3,(H,16,19)(H,21,22). The number of hydrogen-bond acceptors (Lipinski definition) is 5. The summed E-state index contributed by atoms with van der Waals surface area (Å²) in [6.45, 7) is 1.53. The van der Waals surface area contributed by atoms with Gasteiger partial charge in [-0.05, 0) is 35.9 Å². The molecule has 0 saturated carbocycles. The second-order valence-corrected chi connectivity index (χ2v) is 6.57. The number of β-lactam (4-membered cyclic amide) rings is 1. The number of amides is 2. The average molecular weight is 336 g/mol. The normalized spacial score (nSPS) is 24.3. The third-order valence-corrected chi connectivity index (χ3v) is 5.26. The zero-order valence-electron chi connectivity index (χ0n) is 12.6. The third kappa shape index (κ3) is 2.25. The fourth-order valence-electron chi connectivity index (χ4n) is 3.26. The first kappa shape index (κ1) is 15.7. The molecule has 3 atom stereocenters. The number of fused-ring (bicyclic) bond motifs is 1. The first-order chi connectivity index (χ1) is 10.9. The predicted molar refractivity (Wildman–Crippen MR) is 82.7 cm³/mol. The van der Waals surface area contributed by atoms with Crippen LogP contribution in [0.2, 0.25) is 0 Å². The summed E-state index contributed by atoms with van der Waals surface area (Å²) >= 11 is 1.22. The Kier molecular flexibility index (Phi) is 3.73. The highest BCUT2D eigenvalue weighted by Crippen LogP contribution is 2.47. The van der Waals surface area contributed by atoms with E-state index < -0.39 is 18.0 Å². The highest BCUT2D eigenvalue weighted by Gasteiger charge is 2.56. The lowest BCUT2D eigenvalue weighted by Crippen LogP contribution is -2.61. The quantitative estimate of drug-likeness (QED) is 0.695. The molecule has 1 aromatic rings. The Hall–Kier alpha value is -2.19. The fraction of sp³-hybridized carbons (Fsp3) is 0.400. The van der Waals surface area contributed by atoms with E-state index in [4.69, 9.17) is 0 Å². The summed E-state index contributed by atoms with van der Waals surface area (Å²) in [4.78, 5) is 37.1. The largest absolute Gasteiger partial charge is 0.477 e. The van der Waals surface area contributed by atoms with Crippen LogP contribution in [0.3, 0.4) is 0 Å². The van der Waals surface area contributed by atoms with Gasteiger partial charge in [0.05, 0.1) is 22.9 Å². The number of aliphatic hydroxyl groups excluding tert-OH is 1. The molecule has 122 valence electrons. The smallest absolute Gasteiger partial charge is 0.352 e. The number of nitrogens with zero attached hydrogens (tertiary/aromatic N) is 1. The van der Waals surface area contributed by atoms with Crippen LogP contribution in [0.5, 0.6) is 0 Å². The van der Waals surface area contributed by atoms with Crippen molar-refractivity contribution in [3.63, 3.8) is 0 Å². The molecule has 8 heteroatoms. The molecule has 3 N–H and O–H groups in total. The zero-order valence-corrected chi connectivity index (χ0v) is 13.4. The Bertz CT molecular complexity index is 736. The molecule has 2 amide bonds. The summed E-state index contributed by atoms with van der Waals surface area (Å²) in [6, 6.07) is 1.31. The van der Waals surface area contributed by atoms with Crippen LogP contribution in [0.4, 0.5) is 0 Å². The molecule has 2 aliphatic rings. The molecule has 0 spiro atoms. The molecule has 23 heavy (non-hydrogen) atoms. The molecule has 3 unspecified atom stereocenters. The van der Waals surface area contributed by atoms with Crippen LogP contribution < -0.4 is 5.32 Å². The van der Waals surface area contributed by atoms with Crippen molar-refractivity contribution in [2.45, 2.75) is 25.5 Å². The lowest BCUT2D eigenvalue weighted by atomic mass is 9.82. The highest BCUT2D eigenvalue weighted by atomic mass is 32.1. The number of carbonyl (C=O) groups is 3. The van der Waals surface area contributed by atoms with Crippen LogP contribution in [-0.2, 0) is 9.59 Å². The van der Waals surface area contributed by atoms with Gasteiger partial charge in [-0.25, -0.2) is 4.79 Å². The van der Waals surface area contributed by atoms with Crippen LogP contribution >= 0.6 is 11.3 Å². The first-order valence-corrected chi connectivity index (χ1v) is 8.03. The molecule has 7 nitrogen and oxygen atoms in total. The molecule has 3 rings (SSSR count). The van der Waals surface area contributed by atoms with E-state index in [0.717, 1.165) is 0 Å². The van der Waals surface area contributed by atoms with Crippen molar-refractivity contribution in [2.75, 3.05) is 7.05 Å². The summed E-state index contributed by atoms with van der Waals surface area (Å²) in [7, 11) is 1.52. The second kappa shape index (κ2) is 5.47. The number of aliphatic hydroxyl groups is 1. The van der Waals surface area contributed by atoms with Crippen molar-refractivity contribution >= 4 is 34.7 Å². The maximum atomic E-state index is 12.1. The average Bonchev–Trinajstić information content (AvgIpc) is 3.08. The Morgan fingerprint density at radius 2 is 2.17 bits per heavy atom. The Labute approximate surface area is 136 Å². The van der Waals surface area contributed by atoms with Crippen LogP contribution in [0, 0.1) is 5.92 Å². The molecule has 0 aliphatic carbocycles. The van der Waals surface area contributed by atoms with E-state index in [2.05, 4.69) is 5.32 Å². The number of carbonyl (C=O) groups excluding carboxylic acids is 2. The molecule has 1 saturated heterocycles. The topological polar surface area (TPSA) is 107 Å². The van der Waals surface area contributed by atoms with E-state index in [0.29, 0.717) is 22.4 Å². The number of carboxylic acids is 1. The van der Waals surface area contributed by atoms with E-state index in [1.54, 1.807) is 11.4 Å². The van der Waals surface area contributed by atoms with Gasteiger partial charge < -0.3 is 20.4 Å². The molecule has 2 aliphatic heterocycles. The van der Waals surface area contributed by atoms with E-state index in [1.807, 2.05) is 0 Å². The van der Waals surface area contributed by atoms with E-state index >= 15 is 0 Å². The van der Waals surface area contributed by atoms with Gasteiger partial charge in [-0.3, -0.25) is 9.59 Å². The van der Waals surface area contributed by atoms with Crippen molar-refractivity contribution in [3.05, 3.63) is 27.6 Å². The van der Waals surface area contributed by atoms with Gasteiger partial charge in [0.25, 0.3) is 5.91 Å². The molecular weight excluding hydrogens is 320 g/mol. The number of aliphatic carboxylic acids is 1. The van der Waals surface area contributed by atoms with Crippen LogP contribution in [0.15, 0.2) is 17.1 Å². The maximum Gasteiger partial charge on any atom is 0.352 e. The van der Waals surface area contributed by atoms with Crippen LogP contribution in [-0.4, -0.2) is 52.1 Å². The number of rotatable bonds is 4. The molecule has 0 radical (unpaired) electrons. The van der Waals surface area contributed by atoms with Gasteiger partial charge in [-0.15, -0.1) is 11.3 Å². The number of thiophene rings is 1. The Balaban J connectivity index is 1.98. The van der Waals surface area contributed by atoms with Gasteiger partial charge in [-0.2, -0.15) is 0 Å². The number of hydrogen-bond donors (Lipinski definition) is 3.